The van der Waals surface area contributed by atoms with Gasteiger partial charge < -0.3 is 29.9 Å². The normalized spacial score (nSPS) is 26.7. The molecule has 0 bridgehead atoms. The van der Waals surface area contributed by atoms with E-state index in [4.69, 9.17) is 14.5 Å². The van der Waals surface area contributed by atoms with E-state index in [0.717, 1.165) is 11.3 Å². The lowest BCUT2D eigenvalue weighted by Gasteiger charge is -2.44. The molecule has 33 heavy (non-hydrogen) atoms. The zero-order valence-corrected chi connectivity index (χ0v) is 19.4. The Balaban J connectivity index is 1.66. The topological polar surface area (TPSA) is 91.9 Å². The minimum Gasteiger partial charge on any atom is -0.358 e. The summed E-state index contributed by atoms with van der Waals surface area (Å²) in [6, 6.07) is 7.95. The predicted octanol–water partition coefficient (Wildman–Crippen LogP) is 1.49. The monoisotopic (exact) mass is 456 g/mol. The molecule has 1 amide bonds. The van der Waals surface area contributed by atoms with Crippen LogP contribution in [0.4, 0.5) is 10.3 Å². The number of ether oxygens (including phenoxy) is 2. The number of halogens is 1. The van der Waals surface area contributed by atoms with Gasteiger partial charge in [0.25, 0.3) is 0 Å². The smallest absolute Gasteiger partial charge is 0.232 e. The van der Waals surface area contributed by atoms with Gasteiger partial charge in [0.1, 0.15) is 5.82 Å². The highest BCUT2D eigenvalue weighted by molar-refractivity contribution is 5.82. The second-order valence-corrected chi connectivity index (χ2v) is 8.99. The quantitative estimate of drug-likeness (QED) is 0.700. The SMILES string of the molecule is CN(C)C(=O)C1(C)COC(C2(c3ccnc(N(C)C)n3)NC=C(c3ccc(F)cc3)N2)OC1. The van der Waals surface area contributed by atoms with Crippen molar-refractivity contribution in [2.24, 2.45) is 5.41 Å². The Hall–Kier alpha value is -3.24. The van der Waals surface area contributed by atoms with Gasteiger partial charge in [-0.3, -0.25) is 4.79 Å². The molecule has 2 aliphatic heterocycles. The first kappa shape index (κ1) is 22.9. The Bertz CT molecular complexity index is 1050. The highest BCUT2D eigenvalue weighted by Crippen LogP contribution is 2.37. The van der Waals surface area contributed by atoms with Crippen LogP contribution in [0.5, 0.6) is 0 Å². The van der Waals surface area contributed by atoms with Crippen molar-refractivity contribution in [1.29, 1.82) is 0 Å². The fourth-order valence-electron chi connectivity index (χ4n) is 3.95. The van der Waals surface area contributed by atoms with E-state index in [2.05, 4.69) is 15.6 Å². The second kappa shape index (κ2) is 8.60. The number of carbonyl (C=O) groups is 1. The molecule has 1 atom stereocenters. The summed E-state index contributed by atoms with van der Waals surface area (Å²) in [5.41, 5.74) is 0.232. The number of aromatic nitrogens is 2. The van der Waals surface area contributed by atoms with E-state index in [1.165, 1.54) is 17.0 Å². The van der Waals surface area contributed by atoms with E-state index in [9.17, 15) is 9.18 Å². The fraction of sp³-hybridized carbons (Fsp3) is 0.435. The number of rotatable bonds is 5. The Morgan fingerprint density at radius 1 is 1.12 bits per heavy atom. The molecule has 0 saturated carbocycles. The van der Waals surface area contributed by atoms with E-state index in [1.807, 2.05) is 21.0 Å². The van der Waals surface area contributed by atoms with Crippen molar-refractivity contribution in [1.82, 2.24) is 25.5 Å². The van der Waals surface area contributed by atoms with Crippen LogP contribution in [0.25, 0.3) is 5.70 Å². The summed E-state index contributed by atoms with van der Waals surface area (Å²) >= 11 is 0. The largest absolute Gasteiger partial charge is 0.358 e. The van der Waals surface area contributed by atoms with Gasteiger partial charge in [0, 0.05) is 40.6 Å². The van der Waals surface area contributed by atoms with Crippen molar-refractivity contribution in [2.75, 3.05) is 46.3 Å². The van der Waals surface area contributed by atoms with E-state index in [1.54, 1.807) is 49.6 Å². The third-order valence-electron chi connectivity index (χ3n) is 5.76. The predicted molar refractivity (Wildman–Crippen MR) is 121 cm³/mol. The van der Waals surface area contributed by atoms with Crippen LogP contribution in [0.3, 0.4) is 0 Å². The maximum atomic E-state index is 13.4. The lowest BCUT2D eigenvalue weighted by Crippen LogP contribution is -2.62. The summed E-state index contributed by atoms with van der Waals surface area (Å²) in [7, 11) is 7.14. The van der Waals surface area contributed by atoms with E-state index in [0.29, 0.717) is 11.6 Å². The molecule has 1 aromatic heterocycles. The van der Waals surface area contributed by atoms with Gasteiger partial charge in [0.2, 0.25) is 23.8 Å². The molecule has 1 saturated heterocycles. The number of amides is 1. The summed E-state index contributed by atoms with van der Waals surface area (Å²) < 4.78 is 25.7. The van der Waals surface area contributed by atoms with Crippen molar-refractivity contribution < 1.29 is 18.7 Å². The molecule has 2 aromatic rings. The molecule has 4 rings (SSSR count). The number of hydrogen-bond acceptors (Lipinski definition) is 8. The first-order valence-corrected chi connectivity index (χ1v) is 10.6. The molecule has 0 radical (unpaired) electrons. The van der Waals surface area contributed by atoms with Crippen LogP contribution in [0, 0.1) is 11.2 Å². The minimum absolute atomic E-state index is 0.0654. The molecule has 2 aliphatic rings. The average Bonchev–Trinajstić information content (AvgIpc) is 3.26. The second-order valence-electron chi connectivity index (χ2n) is 8.99. The van der Waals surface area contributed by atoms with Gasteiger partial charge in [0.05, 0.1) is 30.0 Å². The van der Waals surface area contributed by atoms with Crippen molar-refractivity contribution in [2.45, 2.75) is 18.9 Å². The third-order valence-corrected chi connectivity index (χ3v) is 5.76. The Morgan fingerprint density at radius 3 is 2.39 bits per heavy atom. The van der Waals surface area contributed by atoms with Gasteiger partial charge in [0.15, 0.2) is 0 Å². The first-order valence-electron chi connectivity index (χ1n) is 10.6. The summed E-state index contributed by atoms with van der Waals surface area (Å²) in [5, 5.41) is 6.79. The fourth-order valence-corrected chi connectivity index (χ4v) is 3.95. The molecule has 1 unspecified atom stereocenters. The first-order chi connectivity index (χ1) is 15.6. The maximum absolute atomic E-state index is 13.4. The molecule has 1 fully saturated rings. The van der Waals surface area contributed by atoms with Crippen LogP contribution in [0.1, 0.15) is 18.2 Å². The van der Waals surface area contributed by atoms with Crippen molar-refractivity contribution >= 4 is 17.6 Å². The molecule has 1 aromatic carbocycles. The van der Waals surface area contributed by atoms with E-state index < -0.39 is 17.4 Å². The number of nitrogens with one attached hydrogen (secondary N) is 2. The molecular formula is C23H29FN6O3. The summed E-state index contributed by atoms with van der Waals surface area (Å²) in [6.45, 7) is 2.18. The summed E-state index contributed by atoms with van der Waals surface area (Å²) in [4.78, 5) is 25.0. The van der Waals surface area contributed by atoms with Crippen molar-refractivity contribution in [3.05, 3.63) is 59.8 Å². The molecule has 3 heterocycles. The molecular weight excluding hydrogens is 427 g/mol. The molecule has 0 aliphatic carbocycles. The highest BCUT2D eigenvalue weighted by atomic mass is 19.1. The zero-order valence-electron chi connectivity index (χ0n) is 19.4. The molecule has 9 nitrogen and oxygen atoms in total. The Kier molecular flexibility index (Phi) is 5.98. The lowest BCUT2D eigenvalue weighted by molar-refractivity contribution is -0.258. The molecule has 176 valence electrons. The zero-order chi connectivity index (χ0) is 23.8. The highest BCUT2D eigenvalue weighted by Gasteiger charge is 2.52. The molecule has 0 spiro atoms. The number of carbonyl (C=O) groups excluding carboxylic acids is 1. The molecule has 10 heteroatoms. The molecule has 2 N–H and O–H groups in total. The van der Waals surface area contributed by atoms with Crippen LogP contribution < -0.4 is 15.5 Å². The average molecular weight is 457 g/mol. The van der Waals surface area contributed by atoms with Crippen LogP contribution in [-0.2, 0) is 19.9 Å². The van der Waals surface area contributed by atoms with Crippen molar-refractivity contribution in [3.63, 3.8) is 0 Å². The Labute approximate surface area is 192 Å². The number of benzene rings is 1. The summed E-state index contributed by atoms with van der Waals surface area (Å²) in [6.07, 6.45) is 2.65. The minimum atomic E-state index is -1.08. The maximum Gasteiger partial charge on any atom is 0.232 e. The van der Waals surface area contributed by atoms with Crippen LogP contribution in [0.2, 0.25) is 0 Å². The van der Waals surface area contributed by atoms with Gasteiger partial charge in [-0.2, -0.15) is 0 Å². The van der Waals surface area contributed by atoms with Gasteiger partial charge in [-0.1, -0.05) is 0 Å². The van der Waals surface area contributed by atoms with E-state index in [-0.39, 0.29) is 24.9 Å². The lowest BCUT2D eigenvalue weighted by atomic mass is 9.89. The van der Waals surface area contributed by atoms with Gasteiger partial charge >= 0.3 is 0 Å². The standard InChI is InChI=1S/C23H29FN6O3/c1-22(19(31)29(2)3)13-32-20(33-14-22)23(18-10-11-25-21(27-18)30(4)5)26-12-17(28-23)15-6-8-16(24)9-7-15/h6-12,20,26,28H,13-14H2,1-5H3. The summed E-state index contributed by atoms with van der Waals surface area (Å²) in [5.74, 6) is 0.144. The third kappa shape index (κ3) is 4.23. The van der Waals surface area contributed by atoms with Gasteiger partial charge in [-0.25, -0.2) is 14.4 Å². The van der Waals surface area contributed by atoms with Crippen molar-refractivity contribution in [3.8, 4) is 0 Å². The number of hydrogen-bond donors (Lipinski definition) is 2. The number of nitrogens with zero attached hydrogens (tertiary/aromatic N) is 4. The van der Waals surface area contributed by atoms with Gasteiger partial charge in [-0.05, 0) is 42.8 Å². The van der Waals surface area contributed by atoms with Gasteiger partial charge in [-0.15, -0.1) is 0 Å². The van der Waals surface area contributed by atoms with Crippen LogP contribution >= 0.6 is 0 Å². The van der Waals surface area contributed by atoms with Crippen LogP contribution in [-0.4, -0.2) is 68.5 Å². The van der Waals surface area contributed by atoms with Crippen LogP contribution in [0.15, 0.2) is 42.7 Å². The van der Waals surface area contributed by atoms with E-state index >= 15 is 0 Å². The Morgan fingerprint density at radius 2 is 1.79 bits per heavy atom. The number of anilines is 1.